The van der Waals surface area contributed by atoms with Crippen LogP contribution in [-0.4, -0.2) is 26.2 Å². The first-order valence-electron chi connectivity index (χ1n) is 5.85. The number of rotatable bonds is 3. The van der Waals surface area contributed by atoms with Crippen molar-refractivity contribution in [3.63, 3.8) is 0 Å². The van der Waals surface area contributed by atoms with Gasteiger partial charge in [0.1, 0.15) is 11.6 Å². The smallest absolute Gasteiger partial charge is 0.295 e. The van der Waals surface area contributed by atoms with Gasteiger partial charge >= 0.3 is 0 Å². The van der Waals surface area contributed by atoms with Gasteiger partial charge in [0.15, 0.2) is 0 Å². The van der Waals surface area contributed by atoms with Crippen LogP contribution < -0.4 is 5.32 Å². The van der Waals surface area contributed by atoms with Crippen molar-refractivity contribution in [2.45, 2.75) is 18.8 Å². The quantitative estimate of drug-likeness (QED) is 0.751. The number of nitrogens with one attached hydrogen (secondary N) is 2. The van der Waals surface area contributed by atoms with Gasteiger partial charge in [-0.2, -0.15) is 0 Å². The Morgan fingerprint density at radius 3 is 2.95 bits per heavy atom. The molecule has 2 aromatic rings. The second-order valence-corrected chi connectivity index (χ2v) is 4.85. The fraction of sp³-hybridized carbons (Fsp3) is 0.250. The van der Waals surface area contributed by atoms with Crippen molar-refractivity contribution in [2.75, 3.05) is 5.32 Å². The van der Waals surface area contributed by atoms with Crippen LogP contribution in [0.3, 0.4) is 0 Å². The van der Waals surface area contributed by atoms with E-state index in [9.17, 15) is 9.90 Å². The maximum Gasteiger partial charge on any atom is 0.295 e. The van der Waals surface area contributed by atoms with Gasteiger partial charge in [0.2, 0.25) is 5.82 Å². The maximum atomic E-state index is 11.9. The van der Waals surface area contributed by atoms with Crippen LogP contribution in [0.25, 0.3) is 0 Å². The highest BCUT2D eigenvalue weighted by Gasteiger charge is 2.28. The molecule has 98 valence electrons. The van der Waals surface area contributed by atoms with E-state index in [4.69, 9.17) is 11.6 Å². The Morgan fingerprint density at radius 1 is 1.47 bits per heavy atom. The van der Waals surface area contributed by atoms with E-state index < -0.39 is 5.91 Å². The minimum absolute atomic E-state index is 0.0337. The molecule has 1 amide bonds. The predicted molar refractivity (Wildman–Crippen MR) is 69.4 cm³/mol. The average molecular weight is 279 g/mol. The predicted octanol–water partition coefficient (Wildman–Crippen LogP) is 2.29. The summed E-state index contributed by atoms with van der Waals surface area (Å²) in [5, 5.41) is 18.7. The Kier molecular flexibility index (Phi) is 2.87. The number of aromatic nitrogens is 3. The zero-order valence-electron chi connectivity index (χ0n) is 9.85. The van der Waals surface area contributed by atoms with Crippen LogP contribution in [0.15, 0.2) is 18.2 Å². The zero-order chi connectivity index (χ0) is 13.4. The molecule has 0 saturated heterocycles. The molecule has 7 heteroatoms. The van der Waals surface area contributed by atoms with Crippen molar-refractivity contribution in [3.8, 4) is 5.75 Å². The highest BCUT2D eigenvalue weighted by Crippen LogP contribution is 2.37. The zero-order valence-corrected chi connectivity index (χ0v) is 10.6. The van der Waals surface area contributed by atoms with Crippen molar-refractivity contribution >= 4 is 23.2 Å². The molecular weight excluding hydrogens is 268 g/mol. The number of amides is 1. The fourth-order valence-electron chi connectivity index (χ4n) is 1.69. The topological polar surface area (TPSA) is 90.9 Å². The van der Waals surface area contributed by atoms with Crippen LogP contribution in [0.4, 0.5) is 5.69 Å². The van der Waals surface area contributed by atoms with Crippen LogP contribution in [0.2, 0.25) is 5.02 Å². The summed E-state index contributed by atoms with van der Waals surface area (Å²) < 4.78 is 0. The number of H-pyrrole nitrogens is 1. The number of carbonyl (C=O) groups is 1. The van der Waals surface area contributed by atoms with Crippen molar-refractivity contribution in [1.82, 2.24) is 15.2 Å². The van der Waals surface area contributed by atoms with E-state index in [0.717, 1.165) is 18.7 Å². The lowest BCUT2D eigenvalue weighted by atomic mass is 10.3. The van der Waals surface area contributed by atoms with Crippen LogP contribution in [0.1, 0.15) is 35.2 Å². The Bertz CT molecular complexity index is 636. The number of nitrogens with zero attached hydrogens (tertiary/aromatic N) is 2. The molecule has 0 unspecified atom stereocenters. The number of phenolic OH excluding ortho intramolecular Hbond substituents is 1. The molecule has 3 rings (SSSR count). The first kappa shape index (κ1) is 12.0. The molecule has 1 aliphatic rings. The SMILES string of the molecule is O=C(Nc1ccc(O)c(Cl)c1)c1n[nH]c(C2CC2)n1. The third-order valence-electron chi connectivity index (χ3n) is 2.88. The van der Waals surface area contributed by atoms with E-state index in [1.165, 1.54) is 12.1 Å². The van der Waals surface area contributed by atoms with Gasteiger partial charge in [0, 0.05) is 11.6 Å². The molecule has 0 aliphatic heterocycles. The van der Waals surface area contributed by atoms with Gasteiger partial charge in [-0.15, -0.1) is 5.10 Å². The first-order valence-corrected chi connectivity index (χ1v) is 6.23. The minimum atomic E-state index is -0.412. The summed E-state index contributed by atoms with van der Waals surface area (Å²) in [6.45, 7) is 0. The van der Waals surface area contributed by atoms with E-state index in [2.05, 4.69) is 20.5 Å². The van der Waals surface area contributed by atoms with Gasteiger partial charge in [-0.1, -0.05) is 11.6 Å². The summed E-state index contributed by atoms with van der Waals surface area (Å²) in [7, 11) is 0. The molecule has 1 saturated carbocycles. The summed E-state index contributed by atoms with van der Waals surface area (Å²) in [6.07, 6.45) is 2.17. The van der Waals surface area contributed by atoms with Crippen LogP contribution in [0, 0.1) is 0 Å². The summed E-state index contributed by atoms with van der Waals surface area (Å²) in [5.41, 5.74) is 0.477. The van der Waals surface area contributed by atoms with Gasteiger partial charge in [-0.25, -0.2) is 4.98 Å². The maximum absolute atomic E-state index is 11.9. The van der Waals surface area contributed by atoms with E-state index in [-0.39, 0.29) is 16.6 Å². The number of phenols is 1. The third-order valence-corrected chi connectivity index (χ3v) is 3.18. The Morgan fingerprint density at radius 2 is 2.26 bits per heavy atom. The number of carbonyl (C=O) groups excluding carboxylic acids is 1. The van der Waals surface area contributed by atoms with Crippen molar-refractivity contribution < 1.29 is 9.90 Å². The Labute approximate surface area is 113 Å². The molecule has 0 spiro atoms. The summed E-state index contributed by atoms with van der Waals surface area (Å²) in [4.78, 5) is 16.1. The number of benzene rings is 1. The van der Waals surface area contributed by atoms with Gasteiger partial charge in [0.05, 0.1) is 5.02 Å². The van der Waals surface area contributed by atoms with E-state index >= 15 is 0 Å². The molecule has 0 radical (unpaired) electrons. The van der Waals surface area contributed by atoms with Crippen molar-refractivity contribution in [3.05, 3.63) is 34.9 Å². The molecule has 0 bridgehead atoms. The van der Waals surface area contributed by atoms with E-state index in [0.29, 0.717) is 11.6 Å². The third kappa shape index (κ3) is 2.53. The average Bonchev–Trinajstić information content (AvgIpc) is 3.11. The highest BCUT2D eigenvalue weighted by atomic mass is 35.5. The molecule has 1 heterocycles. The molecular formula is C12H11ClN4O2. The lowest BCUT2D eigenvalue weighted by Gasteiger charge is -2.03. The molecule has 0 atom stereocenters. The fourth-order valence-corrected chi connectivity index (χ4v) is 1.87. The first-order chi connectivity index (χ1) is 9.13. The molecule has 3 N–H and O–H groups in total. The lowest BCUT2D eigenvalue weighted by molar-refractivity contribution is 0.101. The van der Waals surface area contributed by atoms with Crippen molar-refractivity contribution in [1.29, 1.82) is 0 Å². The minimum Gasteiger partial charge on any atom is -0.506 e. The number of aromatic hydroxyl groups is 1. The monoisotopic (exact) mass is 278 g/mol. The van der Waals surface area contributed by atoms with Crippen LogP contribution in [0.5, 0.6) is 5.75 Å². The molecule has 6 nitrogen and oxygen atoms in total. The van der Waals surface area contributed by atoms with E-state index in [1.807, 2.05) is 0 Å². The second kappa shape index (κ2) is 4.55. The van der Waals surface area contributed by atoms with Gasteiger partial charge in [-0.3, -0.25) is 9.89 Å². The van der Waals surface area contributed by atoms with Crippen LogP contribution in [-0.2, 0) is 0 Å². The lowest BCUT2D eigenvalue weighted by Crippen LogP contribution is -2.13. The molecule has 1 aromatic heterocycles. The molecule has 1 aromatic carbocycles. The Balaban J connectivity index is 1.74. The van der Waals surface area contributed by atoms with E-state index in [1.54, 1.807) is 6.07 Å². The van der Waals surface area contributed by atoms with Crippen LogP contribution >= 0.6 is 11.6 Å². The highest BCUT2D eigenvalue weighted by molar-refractivity contribution is 6.32. The number of halogens is 1. The molecule has 1 fully saturated rings. The summed E-state index contributed by atoms with van der Waals surface area (Å²) >= 11 is 5.76. The second-order valence-electron chi connectivity index (χ2n) is 4.44. The number of hydrogen-bond donors (Lipinski definition) is 3. The van der Waals surface area contributed by atoms with Gasteiger partial charge < -0.3 is 10.4 Å². The van der Waals surface area contributed by atoms with Crippen molar-refractivity contribution in [2.24, 2.45) is 0 Å². The number of anilines is 1. The van der Waals surface area contributed by atoms with Gasteiger partial charge in [-0.05, 0) is 31.0 Å². The standard InChI is InChI=1S/C12H11ClN4O2/c13-8-5-7(3-4-9(8)18)14-12(19)11-15-10(16-17-11)6-1-2-6/h3-6,18H,1-2H2,(H,14,19)(H,15,16,17). The number of hydrogen-bond acceptors (Lipinski definition) is 4. The Hall–Kier alpha value is -2.08. The van der Waals surface area contributed by atoms with Gasteiger partial charge in [0.25, 0.3) is 5.91 Å². The number of aromatic amines is 1. The summed E-state index contributed by atoms with van der Waals surface area (Å²) in [6, 6.07) is 4.42. The molecule has 19 heavy (non-hydrogen) atoms. The largest absolute Gasteiger partial charge is 0.506 e. The normalized spacial score (nSPS) is 14.4. The summed E-state index contributed by atoms with van der Waals surface area (Å²) in [5.74, 6) is 0.829. The molecule has 1 aliphatic carbocycles.